The zero-order valence-corrected chi connectivity index (χ0v) is 15.9. The van der Waals surface area contributed by atoms with Crippen LogP contribution in [0.1, 0.15) is 49.0 Å². The van der Waals surface area contributed by atoms with E-state index in [1.54, 1.807) is 27.8 Å². The molecule has 1 saturated carbocycles. The number of rotatable bonds is 4. The first-order chi connectivity index (χ1) is 13.8. The molecule has 3 aromatic heterocycles. The highest BCUT2D eigenvalue weighted by Gasteiger charge is 2.29. The molecule has 1 aliphatic heterocycles. The van der Waals surface area contributed by atoms with Gasteiger partial charge in [-0.1, -0.05) is 0 Å². The molecule has 2 aliphatic rings. The summed E-state index contributed by atoms with van der Waals surface area (Å²) < 4.78 is 3.40. The highest BCUT2D eigenvalue weighted by Crippen LogP contribution is 2.26. The van der Waals surface area contributed by atoms with E-state index in [0.717, 1.165) is 25.7 Å². The van der Waals surface area contributed by atoms with Crippen LogP contribution in [0.2, 0.25) is 0 Å². The highest BCUT2D eigenvalue weighted by atomic mass is 16.2. The van der Waals surface area contributed by atoms with Gasteiger partial charge in [-0.2, -0.15) is 0 Å². The maximum atomic E-state index is 13.0. The number of likely N-dealkylation sites (tertiary alicyclic amines) is 1. The number of aromatic nitrogens is 5. The van der Waals surface area contributed by atoms with E-state index in [1.807, 2.05) is 18.3 Å². The molecule has 0 unspecified atom stereocenters. The number of carbonyl (C=O) groups excluding carboxylic acids is 1. The molecule has 146 valence electrons. The van der Waals surface area contributed by atoms with E-state index in [4.69, 9.17) is 0 Å². The standard InChI is InChI=1S/C20H25N7O/c28-19(22-15-5-7-16(8-6-15)25-10-1-2-11-25)18-17-4-3-12-27(17)24-20(23-18)26-13-9-21-14-26/h3-4,9,12-16H,1-2,5-8,10-11H2,(H,22,28). The largest absolute Gasteiger partial charge is 0.348 e. The predicted octanol–water partition coefficient (Wildman–Crippen LogP) is 2.05. The molecule has 1 N–H and O–H groups in total. The van der Waals surface area contributed by atoms with Crippen molar-refractivity contribution in [2.45, 2.75) is 50.6 Å². The first-order valence-corrected chi connectivity index (χ1v) is 10.2. The van der Waals surface area contributed by atoms with Crippen molar-refractivity contribution < 1.29 is 4.79 Å². The minimum Gasteiger partial charge on any atom is -0.348 e. The third-order valence-corrected chi connectivity index (χ3v) is 6.02. The number of carbonyl (C=O) groups is 1. The Labute approximate surface area is 163 Å². The average molecular weight is 379 g/mol. The lowest BCUT2D eigenvalue weighted by Crippen LogP contribution is -2.43. The molecule has 1 aliphatic carbocycles. The van der Waals surface area contributed by atoms with Crippen LogP contribution in [0.25, 0.3) is 11.5 Å². The van der Waals surface area contributed by atoms with E-state index in [0.29, 0.717) is 23.2 Å². The minimum absolute atomic E-state index is 0.128. The molecule has 28 heavy (non-hydrogen) atoms. The quantitative estimate of drug-likeness (QED) is 0.750. The first kappa shape index (κ1) is 17.4. The molecule has 3 aromatic rings. The highest BCUT2D eigenvalue weighted by molar-refractivity contribution is 5.99. The Hall–Kier alpha value is -2.74. The third kappa shape index (κ3) is 3.28. The number of amides is 1. The molecule has 0 bridgehead atoms. The maximum Gasteiger partial charge on any atom is 0.272 e. The maximum absolute atomic E-state index is 13.0. The van der Waals surface area contributed by atoms with Crippen LogP contribution in [-0.2, 0) is 0 Å². The van der Waals surface area contributed by atoms with Crippen molar-refractivity contribution in [2.24, 2.45) is 0 Å². The summed E-state index contributed by atoms with van der Waals surface area (Å²) in [6.45, 7) is 2.48. The number of hydrogen-bond donors (Lipinski definition) is 1. The number of hydrogen-bond acceptors (Lipinski definition) is 5. The van der Waals surface area contributed by atoms with E-state index in [-0.39, 0.29) is 11.9 Å². The van der Waals surface area contributed by atoms with Crippen LogP contribution in [-0.4, -0.2) is 60.1 Å². The van der Waals surface area contributed by atoms with Gasteiger partial charge in [0.2, 0.25) is 0 Å². The van der Waals surface area contributed by atoms with Gasteiger partial charge in [0.1, 0.15) is 6.33 Å². The van der Waals surface area contributed by atoms with Gasteiger partial charge >= 0.3 is 0 Å². The van der Waals surface area contributed by atoms with Gasteiger partial charge in [0.25, 0.3) is 11.9 Å². The summed E-state index contributed by atoms with van der Waals surface area (Å²) in [7, 11) is 0. The van der Waals surface area contributed by atoms with Crippen molar-refractivity contribution in [2.75, 3.05) is 13.1 Å². The van der Waals surface area contributed by atoms with Crippen LogP contribution in [0.3, 0.4) is 0 Å². The normalized spacial score (nSPS) is 23.3. The molecule has 0 atom stereocenters. The summed E-state index contributed by atoms with van der Waals surface area (Å²) in [6, 6.07) is 4.66. The van der Waals surface area contributed by atoms with Crippen LogP contribution >= 0.6 is 0 Å². The molecule has 1 amide bonds. The SMILES string of the molecule is O=C(NC1CCC(N2CCCC2)CC1)c1nc(-n2ccnc2)nn2cccc12. The molecule has 4 heterocycles. The molecular formula is C20H25N7O. The lowest BCUT2D eigenvalue weighted by atomic mass is 9.90. The Morgan fingerprint density at radius 2 is 1.93 bits per heavy atom. The van der Waals surface area contributed by atoms with Gasteiger partial charge in [-0.25, -0.2) is 14.5 Å². The second-order valence-corrected chi connectivity index (χ2v) is 7.79. The summed E-state index contributed by atoms with van der Waals surface area (Å²) in [4.78, 5) is 24.2. The Balaban J connectivity index is 1.31. The Kier molecular flexibility index (Phi) is 4.56. The van der Waals surface area contributed by atoms with Gasteiger partial charge in [-0.15, -0.1) is 5.10 Å². The minimum atomic E-state index is -0.128. The predicted molar refractivity (Wildman–Crippen MR) is 104 cm³/mol. The van der Waals surface area contributed by atoms with Crippen LogP contribution in [0, 0.1) is 0 Å². The van der Waals surface area contributed by atoms with Crippen molar-refractivity contribution in [3.8, 4) is 5.95 Å². The first-order valence-electron chi connectivity index (χ1n) is 10.2. The second-order valence-electron chi connectivity index (χ2n) is 7.79. The average Bonchev–Trinajstić information content (AvgIpc) is 3.50. The molecule has 8 heteroatoms. The summed E-state index contributed by atoms with van der Waals surface area (Å²) in [5.41, 5.74) is 1.12. The molecule has 8 nitrogen and oxygen atoms in total. The van der Waals surface area contributed by atoms with Gasteiger partial charge < -0.3 is 10.2 Å². The van der Waals surface area contributed by atoms with Crippen LogP contribution in [0.4, 0.5) is 0 Å². The molecule has 5 rings (SSSR count). The monoisotopic (exact) mass is 379 g/mol. The van der Waals surface area contributed by atoms with Crippen molar-refractivity contribution in [3.05, 3.63) is 42.7 Å². The smallest absolute Gasteiger partial charge is 0.272 e. The van der Waals surface area contributed by atoms with Crippen molar-refractivity contribution in [1.29, 1.82) is 0 Å². The second kappa shape index (κ2) is 7.35. The van der Waals surface area contributed by atoms with E-state index in [9.17, 15) is 4.79 Å². The van der Waals surface area contributed by atoms with Crippen molar-refractivity contribution in [3.63, 3.8) is 0 Å². The number of fused-ring (bicyclic) bond motifs is 1. The summed E-state index contributed by atoms with van der Waals surface area (Å²) in [6.07, 6.45) is 13.9. The van der Waals surface area contributed by atoms with E-state index in [2.05, 4.69) is 25.3 Å². The fourth-order valence-electron chi connectivity index (χ4n) is 4.52. The lowest BCUT2D eigenvalue weighted by molar-refractivity contribution is 0.0907. The summed E-state index contributed by atoms with van der Waals surface area (Å²) in [5, 5.41) is 7.68. The number of nitrogens with one attached hydrogen (secondary N) is 1. The van der Waals surface area contributed by atoms with E-state index < -0.39 is 0 Å². The molecule has 0 radical (unpaired) electrons. The summed E-state index contributed by atoms with van der Waals surface area (Å²) in [5.74, 6) is 0.307. The van der Waals surface area contributed by atoms with E-state index >= 15 is 0 Å². The number of nitrogens with zero attached hydrogens (tertiary/aromatic N) is 6. The summed E-state index contributed by atoms with van der Waals surface area (Å²) >= 11 is 0. The Morgan fingerprint density at radius 3 is 2.68 bits per heavy atom. The Morgan fingerprint density at radius 1 is 1.11 bits per heavy atom. The third-order valence-electron chi connectivity index (χ3n) is 6.02. The van der Waals surface area contributed by atoms with Gasteiger partial charge in [-0.05, 0) is 63.7 Å². The fourth-order valence-corrected chi connectivity index (χ4v) is 4.52. The topological polar surface area (TPSA) is 80.3 Å². The molecule has 2 fully saturated rings. The lowest BCUT2D eigenvalue weighted by Gasteiger charge is -2.34. The number of imidazole rings is 1. The van der Waals surface area contributed by atoms with Gasteiger partial charge in [-0.3, -0.25) is 9.36 Å². The van der Waals surface area contributed by atoms with Gasteiger partial charge in [0.15, 0.2) is 5.69 Å². The van der Waals surface area contributed by atoms with Crippen LogP contribution in [0.15, 0.2) is 37.1 Å². The van der Waals surface area contributed by atoms with Crippen LogP contribution < -0.4 is 5.32 Å². The van der Waals surface area contributed by atoms with Crippen molar-refractivity contribution in [1.82, 2.24) is 34.4 Å². The molecule has 1 saturated heterocycles. The molecule has 0 aromatic carbocycles. The molecular weight excluding hydrogens is 354 g/mol. The Bertz CT molecular complexity index is 950. The van der Waals surface area contributed by atoms with Crippen molar-refractivity contribution >= 4 is 11.4 Å². The van der Waals surface area contributed by atoms with E-state index in [1.165, 1.54) is 25.9 Å². The van der Waals surface area contributed by atoms with Gasteiger partial charge in [0.05, 0.1) is 5.52 Å². The zero-order valence-electron chi connectivity index (χ0n) is 15.9. The van der Waals surface area contributed by atoms with Crippen LogP contribution in [0.5, 0.6) is 0 Å². The fraction of sp³-hybridized carbons (Fsp3) is 0.500. The molecule has 0 spiro atoms. The van der Waals surface area contributed by atoms with Gasteiger partial charge in [0, 0.05) is 30.7 Å². The zero-order chi connectivity index (χ0) is 18.9.